The van der Waals surface area contributed by atoms with Crippen molar-refractivity contribution in [2.75, 3.05) is 19.8 Å². The molecule has 18 heavy (non-hydrogen) atoms. The van der Waals surface area contributed by atoms with Crippen LogP contribution in [0.15, 0.2) is 0 Å². The minimum Gasteiger partial charge on any atom is -0.379 e. The number of rotatable bonds is 8. The summed E-state index contributed by atoms with van der Waals surface area (Å²) in [5.74, 6) is 0.795. The molecule has 1 amide bonds. The Morgan fingerprint density at radius 1 is 1.39 bits per heavy atom. The zero-order chi connectivity index (χ0) is 13.5. The maximum Gasteiger partial charge on any atom is 0.241 e. The smallest absolute Gasteiger partial charge is 0.241 e. The molecule has 0 aromatic heterocycles. The fourth-order valence-corrected chi connectivity index (χ4v) is 2.33. The van der Waals surface area contributed by atoms with E-state index in [-0.39, 0.29) is 18.1 Å². The molecule has 1 aliphatic heterocycles. The van der Waals surface area contributed by atoms with Crippen LogP contribution < -0.4 is 5.32 Å². The van der Waals surface area contributed by atoms with Crippen LogP contribution in [0.3, 0.4) is 0 Å². The van der Waals surface area contributed by atoms with Crippen molar-refractivity contribution in [2.24, 2.45) is 5.92 Å². The molecule has 1 saturated heterocycles. The van der Waals surface area contributed by atoms with Gasteiger partial charge in [0.05, 0.1) is 18.8 Å². The van der Waals surface area contributed by atoms with Crippen LogP contribution in [0.2, 0.25) is 0 Å². The maximum absolute atomic E-state index is 12.2. The summed E-state index contributed by atoms with van der Waals surface area (Å²) in [7, 11) is 0. The van der Waals surface area contributed by atoms with Crippen molar-refractivity contribution in [2.45, 2.75) is 59.2 Å². The lowest BCUT2D eigenvalue weighted by Crippen LogP contribution is -2.39. The Morgan fingerprint density at radius 3 is 2.67 bits per heavy atom. The van der Waals surface area contributed by atoms with E-state index in [1.165, 1.54) is 0 Å². The summed E-state index contributed by atoms with van der Waals surface area (Å²) in [5.41, 5.74) is 0. The van der Waals surface area contributed by atoms with E-state index in [0.29, 0.717) is 19.1 Å². The molecular formula is C14H28N2O2. The van der Waals surface area contributed by atoms with Crippen LogP contribution in [-0.2, 0) is 9.53 Å². The number of amides is 1. The first-order valence-corrected chi connectivity index (χ1v) is 7.24. The number of ether oxygens (including phenoxy) is 1. The molecule has 4 nitrogen and oxygen atoms in total. The molecule has 0 bridgehead atoms. The van der Waals surface area contributed by atoms with Gasteiger partial charge in [0.15, 0.2) is 0 Å². The van der Waals surface area contributed by atoms with Crippen molar-refractivity contribution in [1.82, 2.24) is 10.2 Å². The van der Waals surface area contributed by atoms with Crippen molar-refractivity contribution in [3.63, 3.8) is 0 Å². The maximum atomic E-state index is 12.2. The highest BCUT2D eigenvalue weighted by Gasteiger charge is 2.36. The van der Waals surface area contributed by atoms with E-state index in [4.69, 9.17) is 4.74 Å². The van der Waals surface area contributed by atoms with Gasteiger partial charge in [-0.05, 0) is 18.8 Å². The molecule has 4 heteroatoms. The van der Waals surface area contributed by atoms with E-state index in [1.807, 2.05) is 4.90 Å². The number of nitrogens with one attached hydrogen (secondary N) is 1. The van der Waals surface area contributed by atoms with Gasteiger partial charge < -0.3 is 9.64 Å². The predicted octanol–water partition coefficient (Wildman–Crippen LogP) is 2.00. The molecule has 1 aliphatic rings. The summed E-state index contributed by atoms with van der Waals surface area (Å²) >= 11 is 0. The summed E-state index contributed by atoms with van der Waals surface area (Å²) in [4.78, 5) is 14.1. The highest BCUT2D eigenvalue weighted by Crippen LogP contribution is 2.16. The minimum absolute atomic E-state index is 0.0186. The normalized spacial score (nSPS) is 24.3. The summed E-state index contributed by atoms with van der Waals surface area (Å²) in [6, 6.07) is 0.0186. The average molecular weight is 256 g/mol. The number of nitrogens with zero attached hydrogens (tertiary/aromatic N) is 1. The van der Waals surface area contributed by atoms with Gasteiger partial charge in [0.25, 0.3) is 0 Å². The van der Waals surface area contributed by atoms with Crippen molar-refractivity contribution in [3.05, 3.63) is 0 Å². The topological polar surface area (TPSA) is 41.6 Å². The van der Waals surface area contributed by atoms with Crippen LogP contribution in [0.25, 0.3) is 0 Å². The second-order valence-electron chi connectivity index (χ2n) is 5.43. The number of hydrogen-bond acceptors (Lipinski definition) is 3. The lowest BCUT2D eigenvalue weighted by Gasteiger charge is -2.23. The van der Waals surface area contributed by atoms with Crippen molar-refractivity contribution in [3.8, 4) is 0 Å². The van der Waals surface area contributed by atoms with Gasteiger partial charge in [-0.3, -0.25) is 10.1 Å². The number of carbonyl (C=O) groups is 1. The molecule has 1 rings (SSSR count). The fraction of sp³-hybridized carbons (Fsp3) is 0.929. The highest BCUT2D eigenvalue weighted by atomic mass is 16.5. The van der Waals surface area contributed by atoms with E-state index in [0.717, 1.165) is 25.9 Å². The third-order valence-corrected chi connectivity index (χ3v) is 3.24. The molecule has 1 N–H and O–H groups in total. The number of carbonyl (C=O) groups excluding carboxylic acids is 1. The molecule has 0 saturated carbocycles. The van der Waals surface area contributed by atoms with Gasteiger partial charge in [0.1, 0.15) is 0 Å². The molecule has 0 aromatic rings. The average Bonchev–Trinajstić information content (AvgIpc) is 2.62. The second-order valence-corrected chi connectivity index (χ2v) is 5.43. The van der Waals surface area contributed by atoms with Gasteiger partial charge >= 0.3 is 0 Å². The lowest BCUT2D eigenvalue weighted by atomic mass is 10.2. The van der Waals surface area contributed by atoms with Gasteiger partial charge in [-0.15, -0.1) is 0 Å². The first kappa shape index (κ1) is 15.4. The van der Waals surface area contributed by atoms with Crippen LogP contribution in [0.1, 0.15) is 47.0 Å². The Labute approximate surface area is 111 Å². The third kappa shape index (κ3) is 4.25. The molecule has 1 heterocycles. The molecule has 0 radical (unpaired) electrons. The predicted molar refractivity (Wildman–Crippen MR) is 73.3 cm³/mol. The van der Waals surface area contributed by atoms with E-state index >= 15 is 0 Å². The van der Waals surface area contributed by atoms with Gasteiger partial charge in [-0.1, -0.05) is 34.1 Å². The van der Waals surface area contributed by atoms with Crippen molar-refractivity contribution >= 4 is 5.91 Å². The molecular weight excluding hydrogens is 228 g/mol. The monoisotopic (exact) mass is 256 g/mol. The van der Waals surface area contributed by atoms with Crippen molar-refractivity contribution < 1.29 is 9.53 Å². The standard InChI is InChI=1S/C14H28N2O2/c1-5-7-12-14(17)16(13(6-2)15-12)8-9-18-10-11(3)4/h11-13,15H,5-10H2,1-4H3. The molecule has 2 atom stereocenters. The van der Waals surface area contributed by atoms with Crippen LogP contribution in [0, 0.1) is 5.92 Å². The molecule has 0 aromatic carbocycles. The summed E-state index contributed by atoms with van der Waals surface area (Å²) in [5, 5.41) is 3.41. The van der Waals surface area contributed by atoms with E-state index < -0.39 is 0 Å². The molecule has 0 aliphatic carbocycles. The quantitative estimate of drug-likeness (QED) is 0.675. The SMILES string of the molecule is CCCC1NC(CC)N(CCOCC(C)C)C1=O. The van der Waals surface area contributed by atoms with Crippen LogP contribution >= 0.6 is 0 Å². The summed E-state index contributed by atoms with van der Waals surface area (Å²) in [6.07, 6.45) is 3.11. The van der Waals surface area contributed by atoms with Gasteiger partial charge in [-0.25, -0.2) is 0 Å². The first-order chi connectivity index (χ1) is 8.60. The summed E-state index contributed by atoms with van der Waals surface area (Å²) in [6.45, 7) is 10.6. The van der Waals surface area contributed by atoms with E-state index in [2.05, 4.69) is 33.0 Å². The van der Waals surface area contributed by atoms with Gasteiger partial charge in [-0.2, -0.15) is 0 Å². The Kier molecular flexibility index (Phi) is 6.65. The molecule has 2 unspecified atom stereocenters. The Balaban J connectivity index is 2.39. The highest BCUT2D eigenvalue weighted by molar-refractivity contribution is 5.84. The Morgan fingerprint density at radius 2 is 2.11 bits per heavy atom. The third-order valence-electron chi connectivity index (χ3n) is 3.24. The van der Waals surface area contributed by atoms with Gasteiger partial charge in [0.2, 0.25) is 5.91 Å². The largest absolute Gasteiger partial charge is 0.379 e. The van der Waals surface area contributed by atoms with Crippen molar-refractivity contribution in [1.29, 1.82) is 0 Å². The summed E-state index contributed by atoms with van der Waals surface area (Å²) < 4.78 is 5.57. The van der Waals surface area contributed by atoms with E-state index in [9.17, 15) is 4.79 Å². The van der Waals surface area contributed by atoms with Crippen LogP contribution in [0.5, 0.6) is 0 Å². The van der Waals surface area contributed by atoms with Gasteiger partial charge in [0, 0.05) is 13.2 Å². The Bertz CT molecular complexity index is 256. The van der Waals surface area contributed by atoms with Crippen LogP contribution in [0.4, 0.5) is 0 Å². The molecule has 0 spiro atoms. The molecule has 1 fully saturated rings. The minimum atomic E-state index is 0.0186. The lowest BCUT2D eigenvalue weighted by molar-refractivity contribution is -0.131. The van der Waals surface area contributed by atoms with E-state index in [1.54, 1.807) is 0 Å². The zero-order valence-corrected chi connectivity index (χ0v) is 12.2. The zero-order valence-electron chi connectivity index (χ0n) is 12.2. The fourth-order valence-electron chi connectivity index (χ4n) is 2.33. The molecule has 106 valence electrons. The van der Waals surface area contributed by atoms with Crippen LogP contribution in [-0.4, -0.2) is 42.8 Å². The Hall–Kier alpha value is -0.610. The second kappa shape index (κ2) is 7.74. The first-order valence-electron chi connectivity index (χ1n) is 7.24. The number of hydrogen-bond donors (Lipinski definition) is 1.